The zero-order valence-corrected chi connectivity index (χ0v) is 33.0. The normalized spacial score (nSPS) is 49.9. The van der Waals surface area contributed by atoms with Gasteiger partial charge in [0.2, 0.25) is 0 Å². The van der Waals surface area contributed by atoms with Gasteiger partial charge in [0.05, 0.1) is 24.4 Å². The van der Waals surface area contributed by atoms with Crippen LogP contribution in [0.5, 0.6) is 0 Å². The third kappa shape index (κ3) is 6.99. The van der Waals surface area contributed by atoms with Gasteiger partial charge in [0.25, 0.3) is 0 Å². The molecule has 0 amide bonds. The molecule has 2 aliphatic heterocycles. The largest absolute Gasteiger partial charge is 0.374 e. The summed E-state index contributed by atoms with van der Waals surface area (Å²) in [7, 11) is 0. The Labute approximate surface area is 314 Å². The van der Waals surface area contributed by atoms with Crippen LogP contribution < -0.4 is 0 Å². The quantitative estimate of drug-likeness (QED) is 0.275. The average molecular weight is 702 g/mol. The van der Waals surface area contributed by atoms with Crippen molar-refractivity contribution < 1.29 is 9.47 Å². The van der Waals surface area contributed by atoms with E-state index in [-0.39, 0.29) is 0 Å². The second kappa shape index (κ2) is 15.8. The first-order valence-electron chi connectivity index (χ1n) is 24.4. The lowest BCUT2D eigenvalue weighted by Crippen LogP contribution is -2.54. The summed E-state index contributed by atoms with van der Waals surface area (Å²) in [5, 5.41) is 0. The fourth-order valence-corrected chi connectivity index (χ4v) is 16.8. The zero-order valence-electron chi connectivity index (χ0n) is 33.0. The van der Waals surface area contributed by atoms with Gasteiger partial charge in [-0.25, -0.2) is 0 Å². The van der Waals surface area contributed by atoms with E-state index < -0.39 is 0 Å². The molecule has 8 saturated carbocycles. The van der Waals surface area contributed by atoms with Crippen molar-refractivity contribution in [3.8, 4) is 0 Å². The summed E-state index contributed by atoms with van der Waals surface area (Å²) in [5.74, 6) is 9.25. The molecule has 0 bridgehead atoms. The van der Waals surface area contributed by atoms with Gasteiger partial charge >= 0.3 is 0 Å². The topological polar surface area (TPSA) is 21.7 Å². The number of fused-ring (bicyclic) bond motifs is 7. The molecule has 0 N–H and O–H groups in total. The molecule has 0 spiro atoms. The Morgan fingerprint density at radius 2 is 0.824 bits per heavy atom. The molecule has 11 atom stereocenters. The monoisotopic (exact) mass is 702 g/mol. The van der Waals surface area contributed by atoms with E-state index in [1.54, 1.807) is 51.4 Å². The second-order valence-corrected chi connectivity index (χ2v) is 21.3. The Kier molecular flexibility index (Phi) is 10.9. The van der Waals surface area contributed by atoms with Crippen LogP contribution in [0.4, 0.5) is 0 Å². The zero-order chi connectivity index (χ0) is 33.7. The van der Waals surface area contributed by atoms with Crippen molar-refractivity contribution in [2.24, 2.45) is 59.2 Å². The van der Waals surface area contributed by atoms with Crippen molar-refractivity contribution in [1.82, 2.24) is 4.90 Å². The summed E-state index contributed by atoms with van der Waals surface area (Å²) >= 11 is 0. The van der Waals surface area contributed by atoms with Crippen LogP contribution in [0.15, 0.2) is 0 Å². The first kappa shape index (κ1) is 35.3. The molecule has 10 aliphatic rings. The third-order valence-corrected chi connectivity index (χ3v) is 19.1. The molecule has 8 aliphatic carbocycles. The highest BCUT2D eigenvalue weighted by Crippen LogP contribution is 2.59. The van der Waals surface area contributed by atoms with Gasteiger partial charge in [-0.1, -0.05) is 89.9 Å². The molecule has 10 fully saturated rings. The first-order chi connectivity index (χ1) is 25.3. The van der Waals surface area contributed by atoms with Crippen LogP contribution in [0, 0.1) is 59.2 Å². The van der Waals surface area contributed by atoms with Crippen LogP contribution in [0.1, 0.15) is 199 Å². The Bertz CT molecular complexity index is 1070. The molecule has 51 heavy (non-hydrogen) atoms. The number of hydrogen-bond donors (Lipinski definition) is 0. The second-order valence-electron chi connectivity index (χ2n) is 21.3. The van der Waals surface area contributed by atoms with Crippen LogP contribution in [0.2, 0.25) is 0 Å². The lowest BCUT2D eigenvalue weighted by molar-refractivity contribution is -0.0899. The smallest absolute Gasteiger partial charge is 0.0667 e. The van der Waals surface area contributed by atoms with Crippen LogP contribution in [-0.2, 0) is 9.47 Å². The fraction of sp³-hybridized carbons (Fsp3) is 1.00. The van der Waals surface area contributed by atoms with Crippen molar-refractivity contribution in [3.05, 3.63) is 0 Å². The van der Waals surface area contributed by atoms with Gasteiger partial charge in [-0.05, 0) is 162 Å². The maximum Gasteiger partial charge on any atom is 0.0667 e. The molecule has 3 heteroatoms. The fourth-order valence-electron chi connectivity index (χ4n) is 16.8. The van der Waals surface area contributed by atoms with Gasteiger partial charge in [-0.2, -0.15) is 0 Å². The standard InChI is InChI=1S/C48H79NO2/c1-3-11-32(12-4-1)34-21-25-37(26-22-34)49(38-27-23-35(24-28-38)33-13-5-2-6-14-33)39-16-9-15-36(31-39)40-18-10-19-41-42-29-30-45-46(48(42)51-47(40)41)43-17-7-8-20-44(43)50-45/h32-48H,1-31H2. The highest BCUT2D eigenvalue weighted by molar-refractivity contribution is 5.08. The van der Waals surface area contributed by atoms with Gasteiger partial charge in [0.1, 0.15) is 0 Å². The molecular weight excluding hydrogens is 623 g/mol. The van der Waals surface area contributed by atoms with Gasteiger partial charge in [-0.15, -0.1) is 0 Å². The van der Waals surface area contributed by atoms with Crippen molar-refractivity contribution in [2.75, 3.05) is 0 Å². The third-order valence-electron chi connectivity index (χ3n) is 19.1. The maximum atomic E-state index is 7.57. The predicted molar refractivity (Wildman–Crippen MR) is 209 cm³/mol. The van der Waals surface area contributed by atoms with E-state index in [4.69, 9.17) is 9.47 Å². The maximum absolute atomic E-state index is 7.57. The minimum atomic E-state index is 0.520. The van der Waals surface area contributed by atoms with E-state index >= 15 is 0 Å². The molecule has 10 rings (SSSR count). The van der Waals surface area contributed by atoms with Crippen LogP contribution in [-0.4, -0.2) is 47.4 Å². The SMILES string of the molecule is C1CCC(C2CCC(N(C3CCC(C4CCCCC4)CC3)C3CCCC(C4CCCC5C6CCC7OC8CCCCC8C7C6OC45)C3)CC2)CC1. The Morgan fingerprint density at radius 1 is 0.294 bits per heavy atom. The van der Waals surface area contributed by atoms with Crippen molar-refractivity contribution in [2.45, 2.75) is 242 Å². The summed E-state index contributed by atoms with van der Waals surface area (Å²) in [6, 6.07) is 2.63. The summed E-state index contributed by atoms with van der Waals surface area (Å²) in [6.45, 7) is 0. The van der Waals surface area contributed by atoms with E-state index in [0.717, 1.165) is 77.3 Å². The number of hydrogen-bond acceptors (Lipinski definition) is 3. The molecule has 2 heterocycles. The number of rotatable bonds is 6. The molecule has 0 aromatic heterocycles. The van der Waals surface area contributed by atoms with Crippen molar-refractivity contribution in [3.63, 3.8) is 0 Å². The first-order valence-corrected chi connectivity index (χ1v) is 24.4. The highest BCUT2D eigenvalue weighted by atomic mass is 16.5. The number of nitrogens with zero attached hydrogens (tertiary/aromatic N) is 1. The molecule has 0 radical (unpaired) electrons. The average Bonchev–Trinajstić information content (AvgIpc) is 3.78. The van der Waals surface area contributed by atoms with Crippen molar-refractivity contribution in [1.29, 1.82) is 0 Å². The molecule has 11 unspecified atom stereocenters. The Hall–Kier alpha value is -0.120. The van der Waals surface area contributed by atoms with Crippen LogP contribution in [0.25, 0.3) is 0 Å². The van der Waals surface area contributed by atoms with E-state index in [0.29, 0.717) is 24.4 Å². The molecule has 0 aromatic carbocycles. The van der Waals surface area contributed by atoms with Crippen LogP contribution in [0.3, 0.4) is 0 Å². The Balaban J connectivity index is 0.842. The van der Waals surface area contributed by atoms with Gasteiger partial charge in [0, 0.05) is 24.0 Å². The minimum absolute atomic E-state index is 0.520. The van der Waals surface area contributed by atoms with E-state index in [1.807, 2.05) is 0 Å². The molecule has 2 saturated heterocycles. The van der Waals surface area contributed by atoms with Gasteiger partial charge < -0.3 is 9.47 Å². The highest BCUT2D eigenvalue weighted by Gasteiger charge is 2.60. The summed E-state index contributed by atoms with van der Waals surface area (Å²) in [5.41, 5.74) is 0. The Morgan fingerprint density at radius 3 is 1.51 bits per heavy atom. The molecule has 3 nitrogen and oxygen atoms in total. The van der Waals surface area contributed by atoms with Crippen LogP contribution >= 0.6 is 0 Å². The van der Waals surface area contributed by atoms with Crippen molar-refractivity contribution >= 4 is 0 Å². The van der Waals surface area contributed by atoms with Gasteiger partial charge in [0.15, 0.2) is 0 Å². The summed E-state index contributed by atoms with van der Waals surface area (Å²) in [4.78, 5) is 3.35. The minimum Gasteiger partial charge on any atom is -0.374 e. The van der Waals surface area contributed by atoms with Gasteiger partial charge in [-0.3, -0.25) is 4.90 Å². The number of ether oxygens (including phenoxy) is 2. The lowest BCUT2D eigenvalue weighted by Gasteiger charge is -2.52. The summed E-state index contributed by atoms with van der Waals surface area (Å²) < 4.78 is 14.4. The van der Waals surface area contributed by atoms with E-state index in [2.05, 4.69) is 4.90 Å². The predicted octanol–water partition coefficient (Wildman–Crippen LogP) is 12.3. The molecule has 288 valence electrons. The summed E-state index contributed by atoms with van der Waals surface area (Å²) in [6.07, 6.45) is 48.5. The molecular formula is C48H79NO2. The lowest BCUT2D eigenvalue weighted by atomic mass is 9.62. The molecule has 0 aromatic rings. The van der Waals surface area contributed by atoms with E-state index in [1.165, 1.54) is 148 Å². The van der Waals surface area contributed by atoms with E-state index in [9.17, 15) is 0 Å².